The number of halogens is 2. The smallest absolute Gasteiger partial charge is 0.251 e. The van der Waals surface area contributed by atoms with Gasteiger partial charge in [0.05, 0.1) is 43.2 Å². The van der Waals surface area contributed by atoms with Crippen molar-refractivity contribution in [1.82, 2.24) is 29.7 Å². The van der Waals surface area contributed by atoms with Gasteiger partial charge in [0.15, 0.2) is 23.6 Å². The Balaban J connectivity index is 1.09. The predicted molar refractivity (Wildman–Crippen MR) is 158 cm³/mol. The number of aliphatic hydroxyl groups is 1. The van der Waals surface area contributed by atoms with Gasteiger partial charge in [-0.2, -0.15) is 10.2 Å². The molecular formula is C30H33F2N9O4. The number of benzene rings is 1. The van der Waals surface area contributed by atoms with E-state index in [0.29, 0.717) is 36.2 Å². The van der Waals surface area contributed by atoms with E-state index in [1.54, 1.807) is 12.1 Å². The normalized spacial score (nSPS) is 21.5. The highest BCUT2D eigenvalue weighted by molar-refractivity contribution is 5.80. The van der Waals surface area contributed by atoms with E-state index in [4.69, 9.17) is 9.47 Å². The number of carbonyl (C=O) groups is 1. The fourth-order valence-electron chi connectivity index (χ4n) is 5.59. The van der Waals surface area contributed by atoms with E-state index in [2.05, 4.69) is 36.2 Å². The molecule has 15 heteroatoms. The van der Waals surface area contributed by atoms with Crippen LogP contribution in [0.4, 0.5) is 26.2 Å². The number of hydrogen-bond acceptors (Lipinski definition) is 12. The van der Waals surface area contributed by atoms with E-state index in [1.807, 2.05) is 4.90 Å². The Hall–Kier alpha value is -4.52. The van der Waals surface area contributed by atoms with Crippen molar-refractivity contribution >= 4 is 23.4 Å². The van der Waals surface area contributed by atoms with E-state index in [0.717, 1.165) is 26.3 Å². The van der Waals surface area contributed by atoms with Gasteiger partial charge in [0.25, 0.3) is 5.91 Å². The molecule has 3 aliphatic heterocycles. The summed E-state index contributed by atoms with van der Waals surface area (Å²) in [6.45, 7) is 5.88. The fourth-order valence-corrected chi connectivity index (χ4v) is 5.59. The molecule has 1 unspecified atom stereocenters. The van der Waals surface area contributed by atoms with E-state index in [1.165, 1.54) is 36.5 Å². The standard InChI is InChI=1S/C30H33F2N9O4/c1-18(42)29(43)41-5-4-26(24(32)14-41)45-25-3-2-19(10-20(25)12-33)27-35-17-36-30(38-27)37-21-11-23(31)28(34-13-21)40-8-6-39(7-9-40)22-15-44-16-22/h2-3,10-11,13,17-18,22,24,26,42H,4-9,14-16H2,1H3,(H,35,36,37,38)/t18?,24-,26+/m1/s1. The number of nitrogens with zero attached hydrogens (tertiary/aromatic N) is 8. The molecular weight excluding hydrogens is 588 g/mol. The second-order valence-corrected chi connectivity index (χ2v) is 11.2. The van der Waals surface area contributed by atoms with Crippen molar-refractivity contribution in [2.75, 3.05) is 62.7 Å². The first-order valence-electron chi connectivity index (χ1n) is 14.8. The lowest BCUT2D eigenvalue weighted by atomic mass is 10.0. The highest BCUT2D eigenvalue weighted by Crippen LogP contribution is 2.29. The Morgan fingerprint density at radius 1 is 1.18 bits per heavy atom. The Kier molecular flexibility index (Phi) is 8.97. The fraction of sp³-hybridized carbons (Fsp3) is 0.467. The lowest BCUT2D eigenvalue weighted by Gasteiger charge is -2.42. The van der Waals surface area contributed by atoms with Crippen LogP contribution in [-0.4, -0.2) is 118 Å². The van der Waals surface area contributed by atoms with Crippen LogP contribution < -0.4 is 15.0 Å². The number of carbonyl (C=O) groups excluding carboxylic acids is 1. The van der Waals surface area contributed by atoms with E-state index >= 15 is 4.39 Å². The van der Waals surface area contributed by atoms with Crippen LogP contribution in [0.1, 0.15) is 18.9 Å². The van der Waals surface area contributed by atoms with Gasteiger partial charge in [-0.25, -0.2) is 23.7 Å². The Bertz CT molecular complexity index is 1580. The molecule has 236 valence electrons. The summed E-state index contributed by atoms with van der Waals surface area (Å²) in [5.74, 6) is -0.0964. The summed E-state index contributed by atoms with van der Waals surface area (Å²) in [6, 6.07) is 8.58. The molecule has 13 nitrogen and oxygen atoms in total. The van der Waals surface area contributed by atoms with Gasteiger partial charge >= 0.3 is 0 Å². The van der Waals surface area contributed by atoms with Crippen LogP contribution in [0, 0.1) is 17.1 Å². The highest BCUT2D eigenvalue weighted by Gasteiger charge is 2.35. The maximum absolute atomic E-state index is 15.1. The Labute approximate surface area is 258 Å². The number of likely N-dealkylation sites (tertiary alicyclic amines) is 1. The van der Waals surface area contributed by atoms with Crippen LogP contribution in [0.15, 0.2) is 36.8 Å². The first kappa shape index (κ1) is 30.5. The number of nitrogens with one attached hydrogen (secondary N) is 1. The first-order valence-corrected chi connectivity index (χ1v) is 14.8. The molecule has 0 bridgehead atoms. The number of ether oxygens (including phenoxy) is 2. The lowest BCUT2D eigenvalue weighted by molar-refractivity contribution is -0.143. The van der Waals surface area contributed by atoms with Crippen LogP contribution in [0.2, 0.25) is 0 Å². The van der Waals surface area contributed by atoms with Gasteiger partial charge in [-0.15, -0.1) is 0 Å². The third kappa shape index (κ3) is 6.77. The number of aromatic nitrogens is 4. The molecule has 1 aromatic carbocycles. The van der Waals surface area contributed by atoms with Gasteiger partial charge in [-0.3, -0.25) is 9.69 Å². The monoisotopic (exact) mass is 621 g/mol. The number of piperazine rings is 1. The Morgan fingerprint density at radius 2 is 1.98 bits per heavy atom. The highest BCUT2D eigenvalue weighted by atomic mass is 19.1. The van der Waals surface area contributed by atoms with E-state index < -0.39 is 30.1 Å². The number of piperidine rings is 1. The molecule has 6 rings (SSSR count). The van der Waals surface area contributed by atoms with Crippen molar-refractivity contribution in [2.45, 2.75) is 37.8 Å². The van der Waals surface area contributed by atoms with Crippen LogP contribution in [-0.2, 0) is 9.53 Å². The molecule has 5 heterocycles. The molecule has 0 spiro atoms. The van der Waals surface area contributed by atoms with Crippen molar-refractivity contribution in [3.8, 4) is 23.2 Å². The maximum atomic E-state index is 15.1. The van der Waals surface area contributed by atoms with Gasteiger partial charge in [0.2, 0.25) is 5.95 Å². The molecule has 3 saturated heterocycles. The summed E-state index contributed by atoms with van der Waals surface area (Å²) in [5.41, 5.74) is 1.01. The summed E-state index contributed by atoms with van der Waals surface area (Å²) in [4.78, 5) is 34.7. The molecule has 2 aromatic heterocycles. The summed E-state index contributed by atoms with van der Waals surface area (Å²) < 4.78 is 41.1. The van der Waals surface area contributed by atoms with E-state index in [9.17, 15) is 19.6 Å². The molecule has 3 atom stereocenters. The molecule has 45 heavy (non-hydrogen) atoms. The van der Waals surface area contributed by atoms with Crippen LogP contribution >= 0.6 is 0 Å². The summed E-state index contributed by atoms with van der Waals surface area (Å²) in [6.07, 6.45) is -0.532. The van der Waals surface area contributed by atoms with Crippen LogP contribution in [0.5, 0.6) is 5.75 Å². The van der Waals surface area contributed by atoms with Gasteiger partial charge < -0.3 is 29.7 Å². The van der Waals surface area contributed by atoms with Crippen molar-refractivity contribution in [2.24, 2.45) is 0 Å². The number of anilines is 3. The average Bonchev–Trinajstić information content (AvgIpc) is 3.01. The molecule has 3 aromatic rings. The third-order valence-corrected chi connectivity index (χ3v) is 8.19. The van der Waals surface area contributed by atoms with Gasteiger partial charge in [0.1, 0.15) is 30.4 Å². The summed E-state index contributed by atoms with van der Waals surface area (Å²) in [7, 11) is 0. The van der Waals surface area contributed by atoms with Crippen molar-refractivity contribution in [3.05, 3.63) is 48.2 Å². The Morgan fingerprint density at radius 3 is 2.64 bits per heavy atom. The zero-order valence-electron chi connectivity index (χ0n) is 24.6. The molecule has 3 fully saturated rings. The quantitative estimate of drug-likeness (QED) is 0.378. The summed E-state index contributed by atoms with van der Waals surface area (Å²) in [5, 5.41) is 22.3. The minimum atomic E-state index is -1.49. The number of pyridine rings is 1. The zero-order valence-corrected chi connectivity index (χ0v) is 24.6. The predicted octanol–water partition coefficient (Wildman–Crippen LogP) is 1.91. The lowest BCUT2D eigenvalue weighted by Crippen LogP contribution is -2.56. The summed E-state index contributed by atoms with van der Waals surface area (Å²) >= 11 is 0. The first-order chi connectivity index (χ1) is 21.8. The third-order valence-electron chi connectivity index (χ3n) is 8.19. The van der Waals surface area contributed by atoms with Crippen LogP contribution in [0.25, 0.3) is 11.4 Å². The molecule has 0 aliphatic carbocycles. The van der Waals surface area contributed by atoms with E-state index in [-0.39, 0.29) is 42.6 Å². The topological polar surface area (TPSA) is 153 Å². The number of aliphatic hydroxyl groups excluding tert-OH is 1. The molecule has 3 aliphatic rings. The molecule has 0 radical (unpaired) electrons. The minimum absolute atomic E-state index is 0.154. The number of alkyl halides is 1. The van der Waals surface area contributed by atoms with Gasteiger partial charge in [-0.05, 0) is 25.1 Å². The van der Waals surface area contributed by atoms with Gasteiger partial charge in [0, 0.05) is 50.8 Å². The SMILES string of the molecule is CC(O)C(=O)N1CC[C@H](Oc2ccc(-c3ncnc(Nc4cnc(N5CCN(C6COC6)CC5)c(F)c4)n3)cc2C#N)[C@H](F)C1. The van der Waals surface area contributed by atoms with Crippen molar-refractivity contribution in [1.29, 1.82) is 5.26 Å². The number of amides is 1. The molecule has 1 amide bonds. The minimum Gasteiger partial charge on any atom is -0.486 e. The number of rotatable bonds is 8. The molecule has 0 saturated carbocycles. The number of hydrogen-bond donors (Lipinski definition) is 2. The maximum Gasteiger partial charge on any atom is 0.251 e. The second-order valence-electron chi connectivity index (χ2n) is 11.2. The zero-order chi connectivity index (χ0) is 31.5. The van der Waals surface area contributed by atoms with Crippen molar-refractivity contribution < 1.29 is 28.2 Å². The van der Waals surface area contributed by atoms with Gasteiger partial charge in [-0.1, -0.05) is 0 Å². The van der Waals surface area contributed by atoms with Crippen LogP contribution in [0.3, 0.4) is 0 Å². The van der Waals surface area contributed by atoms with Crippen molar-refractivity contribution in [3.63, 3.8) is 0 Å². The largest absolute Gasteiger partial charge is 0.486 e. The average molecular weight is 622 g/mol. The molecule has 2 N–H and O–H groups in total. The second kappa shape index (κ2) is 13.2. The number of nitriles is 1.